The zero-order valence-corrected chi connectivity index (χ0v) is 7.00. The second-order valence-electron chi connectivity index (χ2n) is 2.81. The van der Waals surface area contributed by atoms with Gasteiger partial charge in [0.15, 0.2) is 17.8 Å². The van der Waals surface area contributed by atoms with E-state index < -0.39 is 17.8 Å². The van der Waals surface area contributed by atoms with Crippen molar-refractivity contribution in [3.05, 3.63) is 23.8 Å². The number of hydrogen-bond acceptors (Lipinski definition) is 3. The largest absolute Gasteiger partial charge is 0.454 e. The summed E-state index contributed by atoms with van der Waals surface area (Å²) in [6.45, 7) is 0.0193. The van der Waals surface area contributed by atoms with Gasteiger partial charge in [0, 0.05) is 5.56 Å². The van der Waals surface area contributed by atoms with Crippen LogP contribution in [0.15, 0.2) is 18.2 Å². The van der Waals surface area contributed by atoms with Crippen LogP contribution in [0.5, 0.6) is 11.5 Å². The van der Waals surface area contributed by atoms with Crippen molar-refractivity contribution in [3.8, 4) is 11.5 Å². The van der Waals surface area contributed by atoms with Crippen molar-refractivity contribution in [1.82, 2.24) is 0 Å². The summed E-state index contributed by atoms with van der Waals surface area (Å²) in [6, 6.07) is 3.60. The van der Waals surface area contributed by atoms with Crippen LogP contribution in [-0.2, 0) is 10.7 Å². The van der Waals surface area contributed by atoms with Crippen LogP contribution < -0.4 is 9.47 Å². The van der Waals surface area contributed by atoms with Crippen molar-refractivity contribution in [1.29, 1.82) is 0 Å². The Kier molecular flexibility index (Phi) is 1.87. The predicted octanol–water partition coefficient (Wildman–Crippen LogP) is 1.71. The summed E-state index contributed by atoms with van der Waals surface area (Å²) in [5.74, 6) is -2.82. The monoisotopic (exact) mass is 200 g/mol. The molecule has 0 saturated heterocycles. The Morgan fingerprint density at radius 1 is 1.29 bits per heavy atom. The zero-order valence-electron chi connectivity index (χ0n) is 7.00. The van der Waals surface area contributed by atoms with E-state index in [9.17, 15) is 13.6 Å². The van der Waals surface area contributed by atoms with Crippen molar-refractivity contribution >= 4 is 6.29 Å². The third kappa shape index (κ3) is 1.30. The van der Waals surface area contributed by atoms with Gasteiger partial charge in [0.1, 0.15) is 0 Å². The molecule has 0 unspecified atom stereocenters. The summed E-state index contributed by atoms with van der Waals surface area (Å²) < 4.78 is 35.6. The fourth-order valence-corrected chi connectivity index (χ4v) is 1.17. The molecule has 1 aromatic rings. The summed E-state index contributed by atoms with van der Waals surface area (Å²) in [4.78, 5) is 10.1. The van der Waals surface area contributed by atoms with Crippen LogP contribution in [0.3, 0.4) is 0 Å². The number of carbonyl (C=O) groups excluding carboxylic acids is 1. The summed E-state index contributed by atoms with van der Waals surface area (Å²) in [5, 5.41) is 0. The van der Waals surface area contributed by atoms with Crippen LogP contribution >= 0.6 is 0 Å². The molecule has 14 heavy (non-hydrogen) atoms. The van der Waals surface area contributed by atoms with Crippen molar-refractivity contribution in [2.75, 3.05) is 6.79 Å². The molecule has 0 N–H and O–H groups in total. The second-order valence-corrected chi connectivity index (χ2v) is 2.81. The second kappa shape index (κ2) is 2.94. The Bertz CT molecular complexity index is 376. The van der Waals surface area contributed by atoms with Crippen LogP contribution in [-0.4, -0.2) is 13.1 Å². The lowest BCUT2D eigenvalue weighted by Gasteiger charge is -2.09. The third-order valence-electron chi connectivity index (χ3n) is 1.91. The Balaban J connectivity index is 2.42. The standard InChI is InChI=1S/C9H6F2O3/c10-9(11,4-12)6-1-2-7-8(3-6)14-5-13-7/h1-4H,5H2. The molecule has 5 heteroatoms. The maximum atomic E-state index is 12.9. The first kappa shape index (κ1) is 8.93. The highest BCUT2D eigenvalue weighted by molar-refractivity contribution is 5.64. The highest BCUT2D eigenvalue weighted by atomic mass is 19.3. The van der Waals surface area contributed by atoms with Crippen molar-refractivity contribution in [3.63, 3.8) is 0 Å². The lowest BCUT2D eigenvalue weighted by Crippen LogP contribution is -2.14. The van der Waals surface area contributed by atoms with E-state index in [2.05, 4.69) is 0 Å². The maximum Gasteiger partial charge on any atom is 0.327 e. The summed E-state index contributed by atoms with van der Waals surface area (Å²) in [5.41, 5.74) is -0.392. The SMILES string of the molecule is O=CC(F)(F)c1ccc2c(c1)OCO2. The number of alkyl halides is 2. The molecule has 0 bridgehead atoms. The van der Waals surface area contributed by atoms with E-state index in [1.54, 1.807) is 0 Å². The number of rotatable bonds is 2. The van der Waals surface area contributed by atoms with Gasteiger partial charge >= 0.3 is 5.92 Å². The molecule has 2 rings (SSSR count). The van der Waals surface area contributed by atoms with Gasteiger partial charge in [-0.3, -0.25) is 4.79 Å². The Morgan fingerprint density at radius 2 is 2.00 bits per heavy atom. The summed E-state index contributed by atoms with van der Waals surface area (Å²) >= 11 is 0. The number of hydrogen-bond donors (Lipinski definition) is 0. The molecule has 0 fully saturated rings. The molecular formula is C9H6F2O3. The highest BCUT2D eigenvalue weighted by Crippen LogP contribution is 2.36. The van der Waals surface area contributed by atoms with Gasteiger partial charge in [0.2, 0.25) is 6.79 Å². The topological polar surface area (TPSA) is 35.5 Å². The van der Waals surface area contributed by atoms with Crippen LogP contribution in [0.1, 0.15) is 5.56 Å². The smallest absolute Gasteiger partial charge is 0.327 e. The lowest BCUT2D eigenvalue weighted by atomic mass is 10.1. The molecule has 0 amide bonds. The van der Waals surface area contributed by atoms with Crippen molar-refractivity contribution in [2.24, 2.45) is 0 Å². The number of aldehydes is 1. The van der Waals surface area contributed by atoms with Gasteiger partial charge in [0.25, 0.3) is 0 Å². The van der Waals surface area contributed by atoms with Crippen LogP contribution in [0.25, 0.3) is 0 Å². The van der Waals surface area contributed by atoms with Gasteiger partial charge in [-0.2, -0.15) is 8.78 Å². The van der Waals surface area contributed by atoms with Gasteiger partial charge < -0.3 is 9.47 Å². The van der Waals surface area contributed by atoms with E-state index in [-0.39, 0.29) is 12.5 Å². The Hall–Kier alpha value is -1.65. The van der Waals surface area contributed by atoms with Crippen molar-refractivity contribution in [2.45, 2.75) is 5.92 Å². The van der Waals surface area contributed by atoms with Gasteiger partial charge in [-0.25, -0.2) is 0 Å². The van der Waals surface area contributed by atoms with E-state index in [0.717, 1.165) is 12.1 Å². The molecule has 1 heterocycles. The fraction of sp³-hybridized carbons (Fsp3) is 0.222. The molecule has 1 aromatic carbocycles. The van der Waals surface area contributed by atoms with Crippen LogP contribution in [0, 0.1) is 0 Å². The van der Waals surface area contributed by atoms with Gasteiger partial charge in [0.05, 0.1) is 0 Å². The minimum absolute atomic E-state index is 0.0193. The van der Waals surface area contributed by atoms with E-state index >= 15 is 0 Å². The molecule has 0 spiro atoms. The Labute approximate surface area is 78.2 Å². The highest BCUT2D eigenvalue weighted by Gasteiger charge is 2.32. The number of benzene rings is 1. The normalized spacial score (nSPS) is 14.1. The maximum absolute atomic E-state index is 12.9. The number of ether oxygens (including phenoxy) is 2. The molecule has 0 aromatic heterocycles. The average molecular weight is 200 g/mol. The minimum Gasteiger partial charge on any atom is -0.454 e. The van der Waals surface area contributed by atoms with Gasteiger partial charge in [-0.1, -0.05) is 0 Å². The molecule has 1 aliphatic rings. The molecule has 0 saturated carbocycles. The molecule has 0 atom stereocenters. The van der Waals surface area contributed by atoms with Crippen LogP contribution in [0.2, 0.25) is 0 Å². The zero-order chi connectivity index (χ0) is 10.2. The first-order valence-corrected chi connectivity index (χ1v) is 3.88. The van der Waals surface area contributed by atoms with Gasteiger partial charge in [-0.15, -0.1) is 0 Å². The molecule has 0 aliphatic carbocycles. The molecular weight excluding hydrogens is 194 g/mol. The predicted molar refractivity (Wildman–Crippen MR) is 42.5 cm³/mol. The summed E-state index contributed by atoms with van der Waals surface area (Å²) in [6.07, 6.45) is -0.398. The first-order valence-electron chi connectivity index (χ1n) is 3.88. The molecule has 3 nitrogen and oxygen atoms in total. The Morgan fingerprint density at radius 3 is 2.71 bits per heavy atom. The summed E-state index contributed by atoms with van der Waals surface area (Å²) in [7, 11) is 0. The van der Waals surface area contributed by atoms with E-state index in [1.165, 1.54) is 6.07 Å². The fourth-order valence-electron chi connectivity index (χ4n) is 1.17. The number of fused-ring (bicyclic) bond motifs is 1. The third-order valence-corrected chi connectivity index (χ3v) is 1.91. The first-order chi connectivity index (χ1) is 6.63. The van der Waals surface area contributed by atoms with E-state index in [1.807, 2.05) is 0 Å². The number of halogens is 2. The quantitative estimate of drug-likeness (QED) is 0.681. The van der Waals surface area contributed by atoms with E-state index in [0.29, 0.717) is 5.75 Å². The molecule has 0 radical (unpaired) electrons. The number of carbonyl (C=O) groups is 1. The van der Waals surface area contributed by atoms with E-state index in [4.69, 9.17) is 9.47 Å². The van der Waals surface area contributed by atoms with Crippen LogP contribution in [0.4, 0.5) is 8.78 Å². The average Bonchev–Trinajstić information content (AvgIpc) is 2.64. The minimum atomic E-state index is -3.47. The molecule has 74 valence electrons. The lowest BCUT2D eigenvalue weighted by molar-refractivity contribution is -0.130. The van der Waals surface area contributed by atoms with Crippen molar-refractivity contribution < 1.29 is 23.0 Å². The van der Waals surface area contributed by atoms with Gasteiger partial charge in [-0.05, 0) is 18.2 Å². The molecule has 1 aliphatic heterocycles.